The van der Waals surface area contributed by atoms with Gasteiger partial charge < -0.3 is 25.2 Å². The van der Waals surface area contributed by atoms with Crippen LogP contribution in [0.3, 0.4) is 0 Å². The third-order valence-electron chi connectivity index (χ3n) is 5.74. The second kappa shape index (κ2) is 12.5. The largest absolute Gasteiger partial charge is 0.466 e. The van der Waals surface area contributed by atoms with Gasteiger partial charge in [-0.2, -0.15) is 0 Å². The SMILES string of the molecule is CCOC(=O)C[C@H](NC(=O)CN(CCc1ccc2c(n1)NCCC2)B(C)O)c1cccc(F)c1. The molecule has 0 unspecified atom stereocenters. The van der Waals surface area contributed by atoms with E-state index in [4.69, 9.17) is 4.74 Å². The summed E-state index contributed by atoms with van der Waals surface area (Å²) in [5.41, 5.74) is 2.54. The first-order valence-electron chi connectivity index (χ1n) is 11.7. The number of carbonyl (C=O) groups excluding carboxylic acids is 2. The lowest BCUT2D eigenvalue weighted by atomic mass is 9.84. The number of benzene rings is 1. The summed E-state index contributed by atoms with van der Waals surface area (Å²) in [6.07, 6.45) is 2.53. The van der Waals surface area contributed by atoms with Crippen molar-refractivity contribution in [1.82, 2.24) is 15.1 Å². The molecule has 34 heavy (non-hydrogen) atoms. The molecule has 1 aliphatic rings. The van der Waals surface area contributed by atoms with Gasteiger partial charge in [0.1, 0.15) is 11.6 Å². The van der Waals surface area contributed by atoms with Gasteiger partial charge >= 0.3 is 13.0 Å². The lowest BCUT2D eigenvalue weighted by Crippen LogP contribution is -2.46. The fourth-order valence-electron chi connectivity index (χ4n) is 3.95. The molecule has 1 aromatic heterocycles. The van der Waals surface area contributed by atoms with Crippen molar-refractivity contribution in [3.63, 3.8) is 0 Å². The van der Waals surface area contributed by atoms with Crippen molar-refractivity contribution in [2.24, 2.45) is 0 Å². The van der Waals surface area contributed by atoms with Crippen molar-refractivity contribution in [3.8, 4) is 0 Å². The number of rotatable bonds is 11. The van der Waals surface area contributed by atoms with Crippen LogP contribution in [-0.2, 0) is 27.2 Å². The number of nitrogens with one attached hydrogen (secondary N) is 2. The maximum atomic E-state index is 13.8. The van der Waals surface area contributed by atoms with E-state index in [2.05, 4.69) is 21.7 Å². The Kier molecular flexibility index (Phi) is 9.41. The van der Waals surface area contributed by atoms with E-state index in [1.807, 2.05) is 6.07 Å². The number of anilines is 1. The molecule has 10 heteroatoms. The second-order valence-corrected chi connectivity index (χ2v) is 8.38. The Balaban J connectivity index is 1.62. The van der Waals surface area contributed by atoms with E-state index >= 15 is 0 Å². The molecule has 0 fully saturated rings. The molecule has 1 aromatic carbocycles. The van der Waals surface area contributed by atoms with E-state index in [9.17, 15) is 19.0 Å². The lowest BCUT2D eigenvalue weighted by Gasteiger charge is -2.25. The van der Waals surface area contributed by atoms with Gasteiger partial charge in [-0.3, -0.25) is 9.59 Å². The van der Waals surface area contributed by atoms with E-state index in [-0.39, 0.29) is 25.5 Å². The fourth-order valence-corrected chi connectivity index (χ4v) is 3.95. The number of aromatic nitrogens is 1. The highest BCUT2D eigenvalue weighted by Gasteiger charge is 2.24. The molecule has 3 rings (SSSR count). The highest BCUT2D eigenvalue weighted by molar-refractivity contribution is 6.45. The predicted molar refractivity (Wildman–Crippen MR) is 129 cm³/mol. The minimum atomic E-state index is -0.862. The average Bonchev–Trinajstić information content (AvgIpc) is 2.81. The summed E-state index contributed by atoms with van der Waals surface area (Å²) >= 11 is 0. The molecule has 0 aliphatic carbocycles. The van der Waals surface area contributed by atoms with Crippen molar-refractivity contribution in [1.29, 1.82) is 0 Å². The van der Waals surface area contributed by atoms with E-state index < -0.39 is 24.9 Å². The third-order valence-corrected chi connectivity index (χ3v) is 5.74. The van der Waals surface area contributed by atoms with Crippen LogP contribution in [0.15, 0.2) is 36.4 Å². The van der Waals surface area contributed by atoms with Crippen LogP contribution in [0.1, 0.15) is 42.6 Å². The average molecular weight is 470 g/mol. The molecule has 2 aromatic rings. The molecule has 1 amide bonds. The van der Waals surface area contributed by atoms with Gasteiger partial charge in [0.2, 0.25) is 5.91 Å². The normalized spacial score (nSPS) is 13.6. The maximum absolute atomic E-state index is 13.8. The first-order chi connectivity index (χ1) is 16.4. The Hall–Kier alpha value is -2.98. The van der Waals surface area contributed by atoms with Crippen LogP contribution in [-0.4, -0.2) is 60.0 Å². The third kappa shape index (κ3) is 7.53. The van der Waals surface area contributed by atoms with Gasteiger partial charge in [0.05, 0.1) is 25.6 Å². The topological polar surface area (TPSA) is 104 Å². The van der Waals surface area contributed by atoms with Crippen LogP contribution >= 0.6 is 0 Å². The van der Waals surface area contributed by atoms with Gasteiger partial charge in [-0.1, -0.05) is 18.2 Å². The standard InChI is InChI=1S/C24H32BFN4O4/c1-3-34-23(32)15-21(18-6-4-8-19(26)14-18)29-22(31)16-30(25(2)33)13-11-20-10-9-17-7-5-12-27-24(17)28-20/h4,6,8-10,14,21,33H,3,5,7,11-13,15-16H2,1-2H3,(H,27,28)(H,29,31)/t21-/m0/s1. The second-order valence-electron chi connectivity index (χ2n) is 8.38. The number of esters is 1. The van der Waals surface area contributed by atoms with Crippen molar-refractivity contribution in [2.75, 3.05) is 31.6 Å². The van der Waals surface area contributed by atoms with E-state index in [1.54, 1.807) is 24.6 Å². The number of carbonyl (C=O) groups is 2. The van der Waals surface area contributed by atoms with E-state index in [0.29, 0.717) is 18.5 Å². The Bertz CT molecular complexity index is 991. The molecule has 3 N–H and O–H groups in total. The molecule has 0 saturated heterocycles. The van der Waals surface area contributed by atoms with Crippen LogP contribution in [0, 0.1) is 5.82 Å². The number of hydrogen-bond donors (Lipinski definition) is 3. The van der Waals surface area contributed by atoms with Crippen molar-refractivity contribution in [3.05, 3.63) is 59.0 Å². The predicted octanol–water partition coefficient (Wildman–Crippen LogP) is 2.34. The molecule has 182 valence electrons. The number of hydrogen-bond acceptors (Lipinski definition) is 7. The van der Waals surface area contributed by atoms with Crippen molar-refractivity contribution in [2.45, 2.75) is 45.5 Å². The molecule has 0 radical (unpaired) electrons. The summed E-state index contributed by atoms with van der Waals surface area (Å²) in [5, 5.41) is 16.3. The van der Waals surface area contributed by atoms with Crippen LogP contribution in [0.5, 0.6) is 0 Å². The zero-order valence-electron chi connectivity index (χ0n) is 19.7. The number of halogens is 1. The summed E-state index contributed by atoms with van der Waals surface area (Å²) < 4.78 is 18.8. The van der Waals surface area contributed by atoms with Crippen LogP contribution < -0.4 is 10.6 Å². The highest BCUT2D eigenvalue weighted by Crippen LogP contribution is 2.21. The molecule has 0 bridgehead atoms. The first kappa shape index (κ1) is 25.6. The first-order valence-corrected chi connectivity index (χ1v) is 11.7. The fraction of sp³-hybridized carbons (Fsp3) is 0.458. The van der Waals surface area contributed by atoms with Gasteiger partial charge in [0.25, 0.3) is 0 Å². The molecule has 1 aliphatic heterocycles. The molecule has 0 spiro atoms. The number of fused-ring (bicyclic) bond motifs is 1. The van der Waals surface area contributed by atoms with Crippen molar-refractivity contribution < 1.29 is 23.7 Å². The summed E-state index contributed by atoms with van der Waals surface area (Å²) in [5.74, 6) is -0.434. The Labute approximate surface area is 200 Å². The quantitative estimate of drug-likeness (QED) is 0.342. The summed E-state index contributed by atoms with van der Waals surface area (Å²) in [7, 11) is -0.862. The van der Waals surface area contributed by atoms with Crippen LogP contribution in [0.4, 0.5) is 10.2 Å². The van der Waals surface area contributed by atoms with Gasteiger partial charge in [-0.15, -0.1) is 0 Å². The Morgan fingerprint density at radius 1 is 1.35 bits per heavy atom. The van der Waals surface area contributed by atoms with Crippen LogP contribution in [0.2, 0.25) is 6.82 Å². The molecular formula is C24H32BFN4O4. The lowest BCUT2D eigenvalue weighted by molar-refractivity contribution is -0.143. The molecular weight excluding hydrogens is 438 g/mol. The monoisotopic (exact) mass is 470 g/mol. The van der Waals surface area contributed by atoms with Gasteiger partial charge in [-0.25, -0.2) is 9.37 Å². The number of pyridine rings is 1. The van der Waals surface area contributed by atoms with E-state index in [0.717, 1.165) is 30.9 Å². The number of nitrogens with zero attached hydrogens (tertiary/aromatic N) is 2. The summed E-state index contributed by atoms with van der Waals surface area (Å²) in [6.45, 7) is 4.74. The van der Waals surface area contributed by atoms with Gasteiger partial charge in [0.15, 0.2) is 0 Å². The number of aryl methyl sites for hydroxylation is 1. The summed E-state index contributed by atoms with van der Waals surface area (Å²) in [4.78, 5) is 31.2. The number of amides is 1. The highest BCUT2D eigenvalue weighted by atomic mass is 19.1. The molecule has 2 heterocycles. The zero-order valence-corrected chi connectivity index (χ0v) is 19.7. The Morgan fingerprint density at radius 3 is 2.91 bits per heavy atom. The molecule has 8 nitrogen and oxygen atoms in total. The van der Waals surface area contributed by atoms with Crippen molar-refractivity contribution >= 4 is 24.7 Å². The van der Waals surface area contributed by atoms with Crippen LogP contribution in [0.25, 0.3) is 0 Å². The smallest absolute Gasteiger partial charge is 0.376 e. The zero-order chi connectivity index (χ0) is 24.5. The van der Waals surface area contributed by atoms with Gasteiger partial charge in [-0.05, 0) is 62.5 Å². The minimum Gasteiger partial charge on any atom is -0.466 e. The Morgan fingerprint density at radius 2 is 2.18 bits per heavy atom. The molecule has 1 atom stereocenters. The summed E-state index contributed by atoms with van der Waals surface area (Å²) in [6, 6.07) is 9.06. The minimum absolute atomic E-state index is 0.0878. The van der Waals surface area contributed by atoms with Gasteiger partial charge in [0, 0.05) is 18.7 Å². The molecule has 0 saturated carbocycles. The maximum Gasteiger partial charge on any atom is 0.376 e. The van der Waals surface area contributed by atoms with E-state index in [1.165, 1.54) is 23.8 Å². The number of ether oxygens (including phenoxy) is 1.